The van der Waals surface area contributed by atoms with Crippen molar-refractivity contribution in [2.75, 3.05) is 0 Å². The third-order valence-electron chi connectivity index (χ3n) is 2.63. The van der Waals surface area contributed by atoms with Gasteiger partial charge in [0.2, 0.25) is 0 Å². The first-order valence-corrected chi connectivity index (χ1v) is 7.96. The number of sulfone groups is 1. The van der Waals surface area contributed by atoms with Crippen molar-refractivity contribution in [2.45, 2.75) is 17.6 Å². The van der Waals surface area contributed by atoms with Crippen molar-refractivity contribution in [3.63, 3.8) is 0 Å². The summed E-state index contributed by atoms with van der Waals surface area (Å²) in [5.41, 5.74) is 1.83. The molecule has 0 saturated heterocycles. The quantitative estimate of drug-likeness (QED) is 0.862. The fourth-order valence-corrected chi connectivity index (χ4v) is 3.46. The summed E-state index contributed by atoms with van der Waals surface area (Å²) < 4.78 is 25.3. The second-order valence-corrected chi connectivity index (χ2v) is 7.11. The van der Waals surface area contributed by atoms with E-state index in [1.807, 2.05) is 43.3 Å². The van der Waals surface area contributed by atoms with E-state index < -0.39 is 9.84 Å². The van der Waals surface area contributed by atoms with E-state index in [1.54, 1.807) is 12.1 Å². The summed E-state index contributed by atoms with van der Waals surface area (Å²) >= 11 is 3.34. The van der Waals surface area contributed by atoms with E-state index in [9.17, 15) is 8.42 Å². The predicted octanol–water partition coefficient (Wildman–Crippen LogP) is 3.73. The molecule has 94 valence electrons. The van der Waals surface area contributed by atoms with E-state index in [-0.39, 0.29) is 5.75 Å². The molecule has 0 N–H and O–H groups in total. The summed E-state index contributed by atoms with van der Waals surface area (Å²) in [5.74, 6) is 0.0233. The zero-order chi connectivity index (χ0) is 13.2. The van der Waals surface area contributed by atoms with E-state index in [0.29, 0.717) is 4.90 Å². The largest absolute Gasteiger partial charge is 0.223 e. The van der Waals surface area contributed by atoms with E-state index >= 15 is 0 Å². The number of rotatable bonds is 3. The molecule has 0 saturated carbocycles. The average Bonchev–Trinajstić information content (AvgIpc) is 2.29. The lowest BCUT2D eigenvalue weighted by Crippen LogP contribution is -2.04. The first-order valence-electron chi connectivity index (χ1n) is 5.51. The minimum Gasteiger partial charge on any atom is -0.223 e. The highest BCUT2D eigenvalue weighted by Crippen LogP contribution is 2.19. The summed E-state index contributed by atoms with van der Waals surface area (Å²) in [7, 11) is -3.27. The lowest BCUT2D eigenvalue weighted by molar-refractivity contribution is 0.595. The molecule has 0 unspecified atom stereocenters. The fourth-order valence-electron chi connectivity index (χ4n) is 1.68. The normalized spacial score (nSPS) is 11.4. The molecular weight excluding hydrogens is 312 g/mol. The van der Waals surface area contributed by atoms with Gasteiger partial charge >= 0.3 is 0 Å². The topological polar surface area (TPSA) is 34.1 Å². The predicted molar refractivity (Wildman–Crippen MR) is 76.2 cm³/mol. The van der Waals surface area contributed by atoms with Crippen molar-refractivity contribution < 1.29 is 8.42 Å². The molecule has 0 aliphatic rings. The van der Waals surface area contributed by atoms with Gasteiger partial charge in [-0.2, -0.15) is 0 Å². The second kappa shape index (κ2) is 5.24. The minimum absolute atomic E-state index is 0.0233. The van der Waals surface area contributed by atoms with Crippen LogP contribution in [0.4, 0.5) is 0 Å². The SMILES string of the molecule is Cc1ccc(S(=O)(=O)Cc2cccc(Br)c2)cc1. The van der Waals surface area contributed by atoms with Crippen LogP contribution in [0.25, 0.3) is 0 Å². The van der Waals surface area contributed by atoms with Crippen molar-refractivity contribution >= 4 is 25.8 Å². The first kappa shape index (κ1) is 13.3. The van der Waals surface area contributed by atoms with Gasteiger partial charge in [-0.25, -0.2) is 8.42 Å². The van der Waals surface area contributed by atoms with Gasteiger partial charge in [0.05, 0.1) is 10.6 Å². The van der Waals surface area contributed by atoms with Gasteiger partial charge < -0.3 is 0 Å². The van der Waals surface area contributed by atoms with Crippen LogP contribution < -0.4 is 0 Å². The van der Waals surface area contributed by atoms with E-state index in [4.69, 9.17) is 0 Å². The Morgan fingerprint density at radius 3 is 2.33 bits per heavy atom. The first-order chi connectivity index (χ1) is 8.47. The zero-order valence-corrected chi connectivity index (χ0v) is 12.3. The van der Waals surface area contributed by atoms with Crippen LogP contribution >= 0.6 is 15.9 Å². The van der Waals surface area contributed by atoms with Gasteiger partial charge in [0.25, 0.3) is 0 Å². The van der Waals surface area contributed by atoms with E-state index in [1.165, 1.54) is 0 Å². The Labute approximate surface area is 116 Å². The molecule has 0 heterocycles. The van der Waals surface area contributed by atoms with Crippen LogP contribution in [0.3, 0.4) is 0 Å². The Morgan fingerprint density at radius 1 is 1.06 bits per heavy atom. The lowest BCUT2D eigenvalue weighted by Gasteiger charge is -2.05. The van der Waals surface area contributed by atoms with E-state index in [2.05, 4.69) is 15.9 Å². The van der Waals surface area contributed by atoms with Gasteiger partial charge in [0.1, 0.15) is 0 Å². The summed E-state index contributed by atoms with van der Waals surface area (Å²) in [6.45, 7) is 1.94. The van der Waals surface area contributed by atoms with E-state index in [0.717, 1.165) is 15.6 Å². The Hall–Kier alpha value is -1.13. The number of benzene rings is 2. The van der Waals surface area contributed by atoms with Gasteiger partial charge in [-0.15, -0.1) is 0 Å². The van der Waals surface area contributed by atoms with Gasteiger partial charge in [-0.1, -0.05) is 45.8 Å². The maximum Gasteiger partial charge on any atom is 0.182 e. The molecule has 0 amide bonds. The molecule has 0 bridgehead atoms. The van der Waals surface area contributed by atoms with Crippen LogP contribution in [-0.4, -0.2) is 8.42 Å². The van der Waals surface area contributed by atoms with Crippen LogP contribution in [-0.2, 0) is 15.6 Å². The van der Waals surface area contributed by atoms with Crippen LogP contribution in [0.5, 0.6) is 0 Å². The summed E-state index contributed by atoms with van der Waals surface area (Å²) in [5, 5.41) is 0. The maximum absolute atomic E-state index is 12.2. The van der Waals surface area contributed by atoms with Gasteiger partial charge in [0, 0.05) is 4.47 Å². The summed E-state index contributed by atoms with van der Waals surface area (Å²) in [4.78, 5) is 0.369. The monoisotopic (exact) mass is 324 g/mol. The highest BCUT2D eigenvalue weighted by Gasteiger charge is 2.14. The van der Waals surface area contributed by atoms with Crippen molar-refractivity contribution in [2.24, 2.45) is 0 Å². The fraction of sp³-hybridized carbons (Fsp3) is 0.143. The highest BCUT2D eigenvalue weighted by atomic mass is 79.9. The second-order valence-electron chi connectivity index (χ2n) is 4.20. The highest BCUT2D eigenvalue weighted by molar-refractivity contribution is 9.10. The molecule has 0 radical (unpaired) electrons. The third kappa shape index (κ3) is 3.21. The molecule has 0 fully saturated rings. The molecule has 0 aliphatic heterocycles. The maximum atomic E-state index is 12.2. The average molecular weight is 325 g/mol. The number of hydrogen-bond acceptors (Lipinski definition) is 2. The molecule has 0 aromatic heterocycles. The minimum atomic E-state index is -3.27. The number of hydrogen-bond donors (Lipinski definition) is 0. The molecule has 2 aromatic rings. The molecule has 0 spiro atoms. The van der Waals surface area contributed by atoms with Crippen molar-refractivity contribution in [1.82, 2.24) is 0 Å². The Balaban J connectivity index is 2.30. The van der Waals surface area contributed by atoms with Gasteiger partial charge in [-0.3, -0.25) is 0 Å². The third-order valence-corrected chi connectivity index (χ3v) is 4.82. The molecule has 18 heavy (non-hydrogen) atoms. The van der Waals surface area contributed by atoms with Crippen LogP contribution in [0, 0.1) is 6.92 Å². The van der Waals surface area contributed by atoms with Crippen molar-refractivity contribution in [3.05, 3.63) is 64.1 Å². The Kier molecular flexibility index (Phi) is 3.88. The smallest absolute Gasteiger partial charge is 0.182 e. The summed E-state index contributed by atoms with van der Waals surface area (Å²) in [6.07, 6.45) is 0. The Bertz CT molecular complexity index is 646. The van der Waals surface area contributed by atoms with Crippen LogP contribution in [0.2, 0.25) is 0 Å². The Morgan fingerprint density at radius 2 is 1.72 bits per heavy atom. The van der Waals surface area contributed by atoms with Crippen molar-refractivity contribution in [3.8, 4) is 0 Å². The number of aryl methyl sites for hydroxylation is 1. The van der Waals surface area contributed by atoms with Gasteiger partial charge in [-0.05, 0) is 36.8 Å². The molecule has 2 nitrogen and oxygen atoms in total. The molecule has 2 aromatic carbocycles. The molecule has 2 rings (SSSR count). The number of halogens is 1. The molecule has 0 aliphatic carbocycles. The molecule has 4 heteroatoms. The lowest BCUT2D eigenvalue weighted by atomic mass is 10.2. The van der Waals surface area contributed by atoms with Crippen LogP contribution in [0.1, 0.15) is 11.1 Å². The molecular formula is C14H13BrO2S. The summed E-state index contributed by atoms with van der Waals surface area (Å²) in [6, 6.07) is 14.3. The standard InChI is InChI=1S/C14H13BrO2S/c1-11-5-7-14(8-6-11)18(16,17)10-12-3-2-4-13(15)9-12/h2-9H,10H2,1H3. The zero-order valence-electron chi connectivity index (χ0n) is 9.93. The van der Waals surface area contributed by atoms with Gasteiger partial charge in [0.15, 0.2) is 9.84 Å². The van der Waals surface area contributed by atoms with Crippen LogP contribution in [0.15, 0.2) is 57.9 Å². The molecule has 0 atom stereocenters. The van der Waals surface area contributed by atoms with Crippen molar-refractivity contribution in [1.29, 1.82) is 0 Å².